The van der Waals surface area contributed by atoms with Crippen LogP contribution in [0.4, 0.5) is 0 Å². The van der Waals surface area contributed by atoms with E-state index < -0.39 is 0 Å². The Morgan fingerprint density at radius 1 is 0.692 bits per heavy atom. The second kappa shape index (κ2) is 38.6. The third-order valence-electron chi connectivity index (χ3n) is 1.34. The second-order valence-corrected chi connectivity index (χ2v) is 1.62. The van der Waals surface area contributed by atoms with Gasteiger partial charge in [-0.05, 0) is 19.6 Å². The minimum atomic E-state index is 0. The standard InChI is InChI=1S/C6H15N.Na.5H2O.H/c1-4-7(5-2)6-3;;;;;;;/h4-6H2,1-3H3;;5*1H2;/q;+1;;;;;;-1. The Kier molecular flexibility index (Phi) is 146. The normalized spacial score (nSPS) is 5.54. The second-order valence-electron chi connectivity index (χ2n) is 1.62. The molecule has 0 aliphatic rings. The van der Waals surface area contributed by atoms with Gasteiger partial charge in [0.25, 0.3) is 0 Å². The molecule has 0 atom stereocenters. The van der Waals surface area contributed by atoms with Gasteiger partial charge in [0.2, 0.25) is 0 Å². The summed E-state index contributed by atoms with van der Waals surface area (Å²) in [5.41, 5.74) is 0. The molecule has 0 amide bonds. The van der Waals surface area contributed by atoms with Crippen molar-refractivity contribution in [3.63, 3.8) is 0 Å². The third kappa shape index (κ3) is 32.3. The summed E-state index contributed by atoms with van der Waals surface area (Å²) >= 11 is 0. The zero-order valence-corrected chi connectivity index (χ0v) is 11.1. The molecule has 0 aliphatic carbocycles. The van der Waals surface area contributed by atoms with Crippen LogP contribution in [-0.4, -0.2) is 51.9 Å². The van der Waals surface area contributed by atoms with Crippen molar-refractivity contribution < 1.29 is 58.4 Å². The fourth-order valence-corrected chi connectivity index (χ4v) is 0.671. The molecule has 7 heteroatoms. The van der Waals surface area contributed by atoms with Crippen LogP contribution in [0, 0.1) is 0 Å². The summed E-state index contributed by atoms with van der Waals surface area (Å²) in [6, 6.07) is 0. The van der Waals surface area contributed by atoms with E-state index in [1.54, 1.807) is 0 Å². The van der Waals surface area contributed by atoms with Crippen LogP contribution in [0.5, 0.6) is 0 Å². The smallest absolute Gasteiger partial charge is 1.00 e. The van der Waals surface area contributed by atoms with Gasteiger partial charge in [-0.2, -0.15) is 0 Å². The van der Waals surface area contributed by atoms with Gasteiger partial charge in [-0.25, -0.2) is 0 Å². The van der Waals surface area contributed by atoms with Gasteiger partial charge in [0.05, 0.1) is 0 Å². The predicted octanol–water partition coefficient (Wildman–Crippen LogP) is -5.66. The Morgan fingerprint density at radius 2 is 0.846 bits per heavy atom. The Morgan fingerprint density at radius 3 is 0.846 bits per heavy atom. The Balaban J connectivity index is -0.00000000857. The van der Waals surface area contributed by atoms with Crippen LogP contribution in [0.1, 0.15) is 22.2 Å². The Hall–Kier alpha value is 0.760. The molecule has 0 aromatic carbocycles. The quantitative estimate of drug-likeness (QED) is 0.422. The molecule has 0 bridgehead atoms. The van der Waals surface area contributed by atoms with Crippen molar-refractivity contribution in [1.29, 1.82) is 0 Å². The zero-order valence-electron chi connectivity index (χ0n) is 10.1. The van der Waals surface area contributed by atoms with E-state index in [0.29, 0.717) is 0 Å². The van der Waals surface area contributed by atoms with E-state index in [2.05, 4.69) is 25.7 Å². The molecule has 0 unspecified atom stereocenters. The first-order chi connectivity index (χ1) is 3.35. The molecule has 0 aromatic heterocycles. The summed E-state index contributed by atoms with van der Waals surface area (Å²) in [5.74, 6) is 0. The fraction of sp³-hybridized carbons (Fsp3) is 1.00. The van der Waals surface area contributed by atoms with Gasteiger partial charge in [0.15, 0.2) is 0 Å². The number of hydrogen-bond donors (Lipinski definition) is 0. The van der Waals surface area contributed by atoms with Crippen molar-refractivity contribution in [1.82, 2.24) is 4.90 Å². The van der Waals surface area contributed by atoms with Crippen molar-refractivity contribution in [2.45, 2.75) is 20.8 Å². The Bertz CT molecular complexity index is 47.7. The maximum Gasteiger partial charge on any atom is 1.00 e. The molecule has 0 radical (unpaired) electrons. The SMILES string of the molecule is CCN(CC)CC.O.O.O.O.O.[H-].[Na+]. The molecule has 86 valence electrons. The van der Waals surface area contributed by atoms with Gasteiger partial charge in [-0.3, -0.25) is 0 Å². The number of rotatable bonds is 3. The van der Waals surface area contributed by atoms with Gasteiger partial charge in [-0.1, -0.05) is 20.8 Å². The molecule has 6 nitrogen and oxygen atoms in total. The van der Waals surface area contributed by atoms with Gasteiger partial charge in [0, 0.05) is 0 Å². The summed E-state index contributed by atoms with van der Waals surface area (Å²) in [5, 5.41) is 0. The zero-order chi connectivity index (χ0) is 5.70. The maximum atomic E-state index is 2.38. The van der Waals surface area contributed by atoms with Crippen molar-refractivity contribution in [2.24, 2.45) is 0 Å². The van der Waals surface area contributed by atoms with E-state index >= 15 is 0 Å². The minimum absolute atomic E-state index is 0. The first-order valence-electron chi connectivity index (χ1n) is 3.07. The van der Waals surface area contributed by atoms with Crippen LogP contribution in [-0.2, 0) is 0 Å². The molecule has 0 saturated carbocycles. The molecule has 0 saturated heterocycles. The van der Waals surface area contributed by atoms with Crippen LogP contribution in [0.2, 0.25) is 0 Å². The van der Waals surface area contributed by atoms with Crippen molar-refractivity contribution in [3.05, 3.63) is 0 Å². The summed E-state index contributed by atoms with van der Waals surface area (Å²) in [7, 11) is 0. The van der Waals surface area contributed by atoms with E-state index in [9.17, 15) is 0 Å². The summed E-state index contributed by atoms with van der Waals surface area (Å²) in [6.07, 6.45) is 0. The van der Waals surface area contributed by atoms with Gasteiger partial charge in [0.1, 0.15) is 0 Å². The van der Waals surface area contributed by atoms with Crippen molar-refractivity contribution in [2.75, 3.05) is 19.6 Å². The molecule has 0 heterocycles. The summed E-state index contributed by atoms with van der Waals surface area (Å²) in [4.78, 5) is 2.38. The largest absolute Gasteiger partial charge is 1.00 e. The van der Waals surface area contributed by atoms with Crippen LogP contribution in [0.25, 0.3) is 0 Å². The van der Waals surface area contributed by atoms with Gasteiger partial charge >= 0.3 is 29.6 Å². The Labute approximate surface area is 104 Å². The summed E-state index contributed by atoms with van der Waals surface area (Å²) in [6.45, 7) is 10.1. The summed E-state index contributed by atoms with van der Waals surface area (Å²) < 4.78 is 0. The maximum absolute atomic E-state index is 2.38. The van der Waals surface area contributed by atoms with Crippen LogP contribution in [0.3, 0.4) is 0 Å². The minimum Gasteiger partial charge on any atom is -1.00 e. The topological polar surface area (TPSA) is 161 Å². The van der Waals surface area contributed by atoms with Gasteiger partial charge < -0.3 is 33.7 Å². The molecular formula is C6H26NNaO5. The molecule has 0 fully saturated rings. The molecule has 0 rings (SSSR count). The first kappa shape index (κ1) is 49.0. The van der Waals surface area contributed by atoms with E-state index in [1.807, 2.05) is 0 Å². The number of nitrogens with zero attached hydrogens (tertiary/aromatic N) is 1. The molecule has 10 N–H and O–H groups in total. The molecule has 0 aromatic rings. The van der Waals surface area contributed by atoms with E-state index in [1.165, 1.54) is 19.6 Å². The van der Waals surface area contributed by atoms with E-state index in [-0.39, 0.29) is 58.4 Å². The predicted molar refractivity (Wildman–Crippen MR) is 52.6 cm³/mol. The van der Waals surface area contributed by atoms with E-state index in [4.69, 9.17) is 0 Å². The van der Waals surface area contributed by atoms with E-state index in [0.717, 1.165) is 0 Å². The molecular weight excluding hydrogens is 189 g/mol. The number of hydrogen-bond acceptors (Lipinski definition) is 1. The van der Waals surface area contributed by atoms with Crippen LogP contribution >= 0.6 is 0 Å². The third-order valence-corrected chi connectivity index (χ3v) is 1.34. The van der Waals surface area contributed by atoms with Crippen LogP contribution in [0.15, 0.2) is 0 Å². The van der Waals surface area contributed by atoms with Crippen LogP contribution < -0.4 is 29.6 Å². The average molecular weight is 215 g/mol. The van der Waals surface area contributed by atoms with Gasteiger partial charge in [-0.15, -0.1) is 0 Å². The first-order valence-corrected chi connectivity index (χ1v) is 3.07. The molecule has 0 spiro atoms. The average Bonchev–Trinajstić information content (AvgIpc) is 1.72. The molecule has 0 aliphatic heterocycles. The molecule has 13 heavy (non-hydrogen) atoms. The fourth-order valence-electron chi connectivity index (χ4n) is 0.671. The van der Waals surface area contributed by atoms with Crippen molar-refractivity contribution >= 4 is 0 Å². The van der Waals surface area contributed by atoms with Crippen molar-refractivity contribution in [3.8, 4) is 0 Å². The monoisotopic (exact) mass is 215 g/mol.